The second kappa shape index (κ2) is 7.66. The number of alkyl halides is 1. The number of likely N-dealkylation sites (N-methyl/N-ethyl adjacent to an activating group) is 1. The first kappa shape index (κ1) is 18.1. The molecule has 0 N–H and O–H groups in total. The Balaban J connectivity index is 1.61. The lowest BCUT2D eigenvalue weighted by atomic mass is 10.2. The summed E-state index contributed by atoms with van der Waals surface area (Å²) in [6.07, 6.45) is 5.52. The van der Waals surface area contributed by atoms with Crippen LogP contribution in [-0.2, 0) is 20.1 Å². The Hall–Kier alpha value is -1.73. The molecule has 1 saturated heterocycles. The molecule has 0 saturated carbocycles. The van der Waals surface area contributed by atoms with Gasteiger partial charge in [-0.05, 0) is 33.4 Å². The zero-order chi connectivity index (χ0) is 18.0. The molecular weight excluding hydrogens is 319 g/mol. The Labute approximate surface area is 149 Å². The van der Waals surface area contributed by atoms with E-state index in [0.29, 0.717) is 19.0 Å². The third-order valence-corrected chi connectivity index (χ3v) is 5.00. The molecule has 1 aliphatic heterocycles. The molecular formula is C18H29FN6. The minimum absolute atomic E-state index is 0.220. The minimum Gasteiger partial charge on any atom is -0.331 e. The summed E-state index contributed by atoms with van der Waals surface area (Å²) in [5.41, 5.74) is 1.12. The Morgan fingerprint density at radius 1 is 1.36 bits per heavy atom. The van der Waals surface area contributed by atoms with Crippen LogP contribution in [0.5, 0.6) is 0 Å². The zero-order valence-electron chi connectivity index (χ0n) is 15.6. The summed E-state index contributed by atoms with van der Waals surface area (Å²) >= 11 is 0. The number of halogens is 1. The van der Waals surface area contributed by atoms with Gasteiger partial charge in [-0.3, -0.25) is 14.5 Å². The molecule has 0 spiro atoms. The number of hydrogen-bond donors (Lipinski definition) is 0. The van der Waals surface area contributed by atoms with Crippen LogP contribution in [0.1, 0.15) is 37.8 Å². The number of rotatable bonds is 7. The lowest BCUT2D eigenvalue weighted by molar-refractivity contribution is 0.174. The van der Waals surface area contributed by atoms with Crippen molar-refractivity contribution in [2.75, 3.05) is 20.1 Å². The van der Waals surface area contributed by atoms with Crippen LogP contribution in [0.3, 0.4) is 0 Å². The van der Waals surface area contributed by atoms with E-state index < -0.39 is 6.17 Å². The highest BCUT2D eigenvalue weighted by Crippen LogP contribution is 2.23. The van der Waals surface area contributed by atoms with Crippen LogP contribution in [0.2, 0.25) is 0 Å². The number of aryl methyl sites for hydroxylation is 1. The van der Waals surface area contributed by atoms with Gasteiger partial charge in [0.1, 0.15) is 12.0 Å². The van der Waals surface area contributed by atoms with Crippen LogP contribution < -0.4 is 0 Å². The van der Waals surface area contributed by atoms with Crippen LogP contribution in [-0.4, -0.2) is 61.5 Å². The topological polar surface area (TPSA) is 42.1 Å². The Morgan fingerprint density at radius 3 is 2.84 bits per heavy atom. The zero-order valence-corrected chi connectivity index (χ0v) is 15.6. The number of imidazole rings is 1. The van der Waals surface area contributed by atoms with Crippen molar-refractivity contribution in [3.63, 3.8) is 0 Å². The van der Waals surface area contributed by atoms with Gasteiger partial charge in [-0.2, -0.15) is 5.10 Å². The number of aromatic nitrogens is 4. The molecule has 1 fully saturated rings. The first-order valence-electron chi connectivity index (χ1n) is 8.99. The fourth-order valence-electron chi connectivity index (χ4n) is 3.67. The molecule has 3 heterocycles. The molecule has 2 aromatic rings. The molecule has 3 rings (SSSR count). The molecule has 0 amide bonds. The van der Waals surface area contributed by atoms with E-state index in [4.69, 9.17) is 0 Å². The molecule has 0 bridgehead atoms. The summed E-state index contributed by atoms with van der Waals surface area (Å²) in [6, 6.07) is 2.62. The third-order valence-electron chi connectivity index (χ3n) is 5.00. The summed E-state index contributed by atoms with van der Waals surface area (Å²) < 4.78 is 18.1. The molecule has 2 aromatic heterocycles. The van der Waals surface area contributed by atoms with E-state index >= 15 is 0 Å². The van der Waals surface area contributed by atoms with Crippen molar-refractivity contribution in [3.8, 4) is 0 Å². The van der Waals surface area contributed by atoms with Crippen molar-refractivity contribution in [1.82, 2.24) is 29.1 Å². The summed E-state index contributed by atoms with van der Waals surface area (Å²) in [7, 11) is 4.03. The van der Waals surface area contributed by atoms with Gasteiger partial charge in [-0.25, -0.2) is 9.37 Å². The Kier molecular flexibility index (Phi) is 5.54. The predicted octanol–water partition coefficient (Wildman–Crippen LogP) is 2.24. The van der Waals surface area contributed by atoms with Gasteiger partial charge in [-0.1, -0.05) is 0 Å². The second-order valence-corrected chi connectivity index (χ2v) is 7.40. The molecule has 0 aliphatic carbocycles. The maximum absolute atomic E-state index is 14.1. The average molecular weight is 348 g/mol. The third kappa shape index (κ3) is 4.27. The van der Waals surface area contributed by atoms with E-state index in [1.807, 2.05) is 30.2 Å². The number of nitrogens with zero attached hydrogens (tertiary/aromatic N) is 6. The van der Waals surface area contributed by atoms with Crippen LogP contribution in [0.25, 0.3) is 0 Å². The van der Waals surface area contributed by atoms with E-state index in [2.05, 4.69) is 45.3 Å². The standard InChI is InChI=1S/C18H29FN6/c1-14(2)25-8-7-20-18(25)13-22(3)11-17-9-15(19)10-24(17)12-16-5-6-21-23(16)4/h5-8,14-15,17H,9-13H2,1-4H3/t15-,17-/m0/s1. The fourth-order valence-corrected chi connectivity index (χ4v) is 3.67. The van der Waals surface area contributed by atoms with Gasteiger partial charge < -0.3 is 4.57 Å². The predicted molar refractivity (Wildman–Crippen MR) is 95.9 cm³/mol. The fraction of sp³-hybridized carbons (Fsp3) is 0.667. The quantitative estimate of drug-likeness (QED) is 0.770. The summed E-state index contributed by atoms with van der Waals surface area (Å²) in [6.45, 7) is 7.18. The van der Waals surface area contributed by atoms with E-state index in [-0.39, 0.29) is 6.04 Å². The van der Waals surface area contributed by atoms with Crippen molar-refractivity contribution in [2.24, 2.45) is 7.05 Å². The van der Waals surface area contributed by atoms with Gasteiger partial charge in [0.2, 0.25) is 0 Å². The molecule has 25 heavy (non-hydrogen) atoms. The normalized spacial score (nSPS) is 21.7. The number of likely N-dealkylation sites (tertiary alicyclic amines) is 1. The SMILES string of the molecule is CC(C)n1ccnc1CN(C)C[C@@H]1C[C@H](F)CN1Cc1ccnn1C. The van der Waals surface area contributed by atoms with Crippen LogP contribution in [0.4, 0.5) is 4.39 Å². The van der Waals surface area contributed by atoms with Gasteiger partial charge in [-0.15, -0.1) is 0 Å². The lowest BCUT2D eigenvalue weighted by Gasteiger charge is -2.28. The largest absolute Gasteiger partial charge is 0.331 e. The van der Waals surface area contributed by atoms with Crippen molar-refractivity contribution in [2.45, 2.75) is 51.6 Å². The lowest BCUT2D eigenvalue weighted by Crippen LogP contribution is -2.39. The van der Waals surface area contributed by atoms with E-state index in [1.165, 1.54) is 0 Å². The summed E-state index contributed by atoms with van der Waals surface area (Å²) in [4.78, 5) is 8.97. The molecule has 2 atom stereocenters. The second-order valence-electron chi connectivity index (χ2n) is 7.40. The van der Waals surface area contributed by atoms with Crippen molar-refractivity contribution < 1.29 is 4.39 Å². The smallest absolute Gasteiger partial charge is 0.123 e. The highest BCUT2D eigenvalue weighted by Gasteiger charge is 2.33. The van der Waals surface area contributed by atoms with Crippen LogP contribution >= 0.6 is 0 Å². The van der Waals surface area contributed by atoms with Gasteiger partial charge in [0.15, 0.2) is 0 Å². The van der Waals surface area contributed by atoms with E-state index in [9.17, 15) is 4.39 Å². The molecule has 6 nitrogen and oxygen atoms in total. The minimum atomic E-state index is -0.746. The molecule has 138 valence electrons. The van der Waals surface area contributed by atoms with Crippen molar-refractivity contribution >= 4 is 0 Å². The molecule has 7 heteroatoms. The van der Waals surface area contributed by atoms with Crippen molar-refractivity contribution in [3.05, 3.63) is 36.2 Å². The molecule has 1 aliphatic rings. The highest BCUT2D eigenvalue weighted by atomic mass is 19.1. The van der Waals surface area contributed by atoms with Crippen LogP contribution in [0, 0.1) is 0 Å². The number of hydrogen-bond acceptors (Lipinski definition) is 4. The molecule has 0 unspecified atom stereocenters. The first-order chi connectivity index (χ1) is 11.9. The molecule has 0 radical (unpaired) electrons. The van der Waals surface area contributed by atoms with Gasteiger partial charge >= 0.3 is 0 Å². The summed E-state index contributed by atoms with van der Waals surface area (Å²) in [5, 5.41) is 4.21. The maximum Gasteiger partial charge on any atom is 0.123 e. The highest BCUT2D eigenvalue weighted by molar-refractivity contribution is 5.02. The summed E-state index contributed by atoms with van der Waals surface area (Å²) in [5.74, 6) is 1.06. The van der Waals surface area contributed by atoms with E-state index in [0.717, 1.165) is 31.2 Å². The van der Waals surface area contributed by atoms with Crippen molar-refractivity contribution in [1.29, 1.82) is 0 Å². The van der Waals surface area contributed by atoms with E-state index in [1.54, 1.807) is 6.20 Å². The van der Waals surface area contributed by atoms with Gasteiger partial charge in [0, 0.05) is 57.4 Å². The van der Waals surface area contributed by atoms with Gasteiger partial charge in [0.25, 0.3) is 0 Å². The molecule has 0 aromatic carbocycles. The average Bonchev–Trinajstić information content (AvgIpc) is 3.22. The maximum atomic E-state index is 14.1. The Morgan fingerprint density at radius 2 is 2.16 bits per heavy atom. The Bertz CT molecular complexity index is 679. The first-order valence-corrected chi connectivity index (χ1v) is 8.99. The van der Waals surface area contributed by atoms with Gasteiger partial charge in [0.05, 0.1) is 12.2 Å². The monoisotopic (exact) mass is 348 g/mol. The van der Waals surface area contributed by atoms with Crippen LogP contribution in [0.15, 0.2) is 24.7 Å².